The number of H-pyrrole nitrogens is 1. The van der Waals surface area contributed by atoms with Gasteiger partial charge >= 0.3 is 0 Å². The summed E-state index contributed by atoms with van der Waals surface area (Å²) in [6.07, 6.45) is 4.41. The molecule has 1 aromatic carbocycles. The lowest BCUT2D eigenvalue weighted by Gasteiger charge is -2.29. The van der Waals surface area contributed by atoms with E-state index < -0.39 is 17.7 Å². The molecule has 1 aromatic heterocycles. The van der Waals surface area contributed by atoms with E-state index in [1.807, 2.05) is 0 Å². The summed E-state index contributed by atoms with van der Waals surface area (Å²) in [7, 11) is 1.34. The Morgan fingerprint density at radius 1 is 1.30 bits per heavy atom. The number of nitrogens with zero attached hydrogens (tertiary/aromatic N) is 1. The van der Waals surface area contributed by atoms with E-state index in [9.17, 15) is 14.4 Å². The lowest BCUT2D eigenvalue weighted by molar-refractivity contribution is -0.128. The van der Waals surface area contributed by atoms with Gasteiger partial charge in [0.15, 0.2) is 17.3 Å². The van der Waals surface area contributed by atoms with Crippen LogP contribution in [0.5, 0.6) is 0 Å². The number of Topliss-reactive ketones (excluding diaryl/α,β-unsaturated/α-hetero) is 2. The van der Waals surface area contributed by atoms with Crippen molar-refractivity contribution < 1.29 is 23.9 Å². The Labute approximate surface area is 176 Å². The van der Waals surface area contributed by atoms with Gasteiger partial charge < -0.3 is 19.8 Å². The van der Waals surface area contributed by atoms with E-state index in [2.05, 4.69) is 15.3 Å². The first-order chi connectivity index (χ1) is 14.5. The maximum atomic E-state index is 12.9. The predicted octanol–water partition coefficient (Wildman–Crippen LogP) is 2.29. The highest BCUT2D eigenvalue weighted by atomic mass is 35.5. The lowest BCUT2D eigenvalue weighted by atomic mass is 9.82. The summed E-state index contributed by atoms with van der Waals surface area (Å²) in [6, 6.07) is 6.51. The molecule has 0 saturated heterocycles. The Hall–Kier alpha value is -3.23. The van der Waals surface area contributed by atoms with E-state index in [4.69, 9.17) is 21.1 Å². The van der Waals surface area contributed by atoms with Gasteiger partial charge in [-0.25, -0.2) is 4.98 Å². The van der Waals surface area contributed by atoms with Crippen molar-refractivity contribution in [2.75, 3.05) is 7.11 Å². The second-order valence-electron chi connectivity index (χ2n) is 6.74. The van der Waals surface area contributed by atoms with E-state index in [1.165, 1.54) is 13.2 Å². The monoisotopic (exact) mass is 427 g/mol. The first kappa shape index (κ1) is 20.1. The van der Waals surface area contributed by atoms with Gasteiger partial charge in [0.1, 0.15) is 11.3 Å². The average Bonchev–Trinajstić information content (AvgIpc) is 3.29. The van der Waals surface area contributed by atoms with Gasteiger partial charge in [0.25, 0.3) is 5.91 Å². The van der Waals surface area contributed by atoms with Gasteiger partial charge in [0.2, 0.25) is 6.29 Å². The molecule has 2 aromatic rings. The van der Waals surface area contributed by atoms with Gasteiger partial charge in [-0.15, -0.1) is 0 Å². The van der Waals surface area contributed by atoms with Crippen LogP contribution in [-0.4, -0.2) is 46.3 Å². The SMILES string of the molecule is COC1OC(C(=O)NC(Cl)CCc2ncc[nH]2)=CC2=C1C(=O)c1ccccc1C2=O. The number of hydrogen-bond donors (Lipinski definition) is 2. The highest BCUT2D eigenvalue weighted by Crippen LogP contribution is 2.34. The molecule has 154 valence electrons. The largest absolute Gasteiger partial charge is 0.455 e. The normalized spacial score (nSPS) is 18.9. The van der Waals surface area contributed by atoms with Crippen LogP contribution in [0.25, 0.3) is 0 Å². The highest BCUT2D eigenvalue weighted by molar-refractivity contribution is 6.28. The summed E-state index contributed by atoms with van der Waals surface area (Å²) >= 11 is 6.22. The molecule has 1 aliphatic heterocycles. The number of ketones is 2. The summed E-state index contributed by atoms with van der Waals surface area (Å²) in [4.78, 5) is 45.6. The fourth-order valence-corrected chi connectivity index (χ4v) is 3.61. The van der Waals surface area contributed by atoms with Crippen molar-refractivity contribution in [3.05, 3.63) is 76.6 Å². The van der Waals surface area contributed by atoms with Crippen LogP contribution in [0.4, 0.5) is 0 Å². The first-order valence-corrected chi connectivity index (χ1v) is 9.70. The van der Waals surface area contributed by atoms with Gasteiger partial charge in [0, 0.05) is 42.6 Å². The standard InChI is InChI=1S/C21H18ClN3O5/c1-29-21-17-13(18(26)11-4-2-3-5-12(11)19(17)27)10-14(30-21)20(28)25-15(22)6-7-16-23-8-9-24-16/h2-5,8-10,15,21H,6-7H2,1H3,(H,23,24)(H,25,28). The maximum Gasteiger partial charge on any atom is 0.287 e. The zero-order valence-electron chi connectivity index (χ0n) is 16.0. The number of carbonyl (C=O) groups excluding carboxylic acids is 3. The van der Waals surface area contributed by atoms with E-state index in [-0.39, 0.29) is 39.6 Å². The number of nitrogens with one attached hydrogen (secondary N) is 2. The second kappa shape index (κ2) is 8.25. The molecule has 2 N–H and O–H groups in total. The fourth-order valence-electron chi connectivity index (χ4n) is 3.40. The Bertz CT molecular complexity index is 1070. The van der Waals surface area contributed by atoms with Gasteiger partial charge in [0.05, 0.1) is 5.57 Å². The number of amides is 1. The summed E-state index contributed by atoms with van der Waals surface area (Å²) in [5, 5.41) is 2.61. The number of aryl methyl sites for hydroxylation is 1. The van der Waals surface area contributed by atoms with E-state index in [0.717, 1.165) is 5.82 Å². The molecule has 0 spiro atoms. The van der Waals surface area contributed by atoms with Crippen molar-refractivity contribution in [2.45, 2.75) is 24.6 Å². The van der Waals surface area contributed by atoms with Crippen LogP contribution in [0.15, 0.2) is 59.6 Å². The van der Waals surface area contributed by atoms with Crippen molar-refractivity contribution in [2.24, 2.45) is 0 Å². The number of aromatic amines is 1. The Morgan fingerprint density at radius 2 is 2.03 bits per heavy atom. The number of carbonyl (C=O) groups is 3. The number of fused-ring (bicyclic) bond motifs is 1. The molecule has 0 bridgehead atoms. The maximum absolute atomic E-state index is 12.9. The number of benzene rings is 1. The van der Waals surface area contributed by atoms with Crippen LogP contribution in [0.2, 0.25) is 0 Å². The number of halogens is 1. The topological polar surface area (TPSA) is 110 Å². The Morgan fingerprint density at radius 3 is 2.70 bits per heavy atom. The molecule has 1 aliphatic carbocycles. The van der Waals surface area contributed by atoms with E-state index >= 15 is 0 Å². The van der Waals surface area contributed by atoms with Crippen LogP contribution in [0.3, 0.4) is 0 Å². The highest BCUT2D eigenvalue weighted by Gasteiger charge is 2.40. The quantitative estimate of drug-likeness (QED) is 0.540. The molecule has 30 heavy (non-hydrogen) atoms. The minimum Gasteiger partial charge on any atom is -0.455 e. The third-order valence-corrected chi connectivity index (χ3v) is 5.18. The molecule has 1 amide bonds. The molecule has 0 saturated carbocycles. The van der Waals surface area contributed by atoms with Gasteiger partial charge in [-0.1, -0.05) is 35.9 Å². The molecule has 2 heterocycles. The molecule has 9 heteroatoms. The van der Waals surface area contributed by atoms with Crippen molar-refractivity contribution in [1.82, 2.24) is 15.3 Å². The van der Waals surface area contributed by atoms with Gasteiger partial charge in [-0.05, 0) is 12.5 Å². The molecule has 2 unspecified atom stereocenters. The number of imidazole rings is 1. The summed E-state index contributed by atoms with van der Waals surface area (Å²) < 4.78 is 10.8. The molecular weight excluding hydrogens is 410 g/mol. The van der Waals surface area contributed by atoms with Crippen molar-refractivity contribution in [3.63, 3.8) is 0 Å². The predicted molar refractivity (Wildman–Crippen MR) is 107 cm³/mol. The Balaban J connectivity index is 1.55. The zero-order chi connectivity index (χ0) is 21.3. The van der Waals surface area contributed by atoms with Crippen molar-refractivity contribution >= 4 is 29.1 Å². The number of rotatable bonds is 6. The summed E-state index contributed by atoms with van der Waals surface area (Å²) in [5.41, 5.74) is 0.0455. The van der Waals surface area contributed by atoms with Crippen molar-refractivity contribution in [3.8, 4) is 0 Å². The van der Waals surface area contributed by atoms with Gasteiger partial charge in [-0.2, -0.15) is 0 Å². The molecular formula is C21H18ClN3O5. The average molecular weight is 428 g/mol. The lowest BCUT2D eigenvalue weighted by Crippen LogP contribution is -2.39. The van der Waals surface area contributed by atoms with Crippen LogP contribution in [0.1, 0.15) is 33.0 Å². The van der Waals surface area contributed by atoms with Crippen LogP contribution < -0.4 is 5.32 Å². The number of hydrogen-bond acceptors (Lipinski definition) is 6. The fraction of sp³-hybridized carbons (Fsp3) is 0.238. The Kier molecular flexibility index (Phi) is 5.52. The number of ether oxygens (including phenoxy) is 2. The molecule has 4 rings (SSSR count). The summed E-state index contributed by atoms with van der Waals surface area (Å²) in [5.74, 6) is -0.735. The molecule has 0 fully saturated rings. The molecule has 8 nitrogen and oxygen atoms in total. The van der Waals surface area contributed by atoms with Crippen LogP contribution in [0, 0.1) is 0 Å². The van der Waals surface area contributed by atoms with Gasteiger partial charge in [-0.3, -0.25) is 14.4 Å². The van der Waals surface area contributed by atoms with E-state index in [1.54, 1.807) is 36.7 Å². The molecule has 2 aliphatic rings. The van der Waals surface area contributed by atoms with E-state index in [0.29, 0.717) is 12.8 Å². The minimum absolute atomic E-state index is 0.0815. The van der Waals surface area contributed by atoms with Crippen LogP contribution >= 0.6 is 11.6 Å². The number of aromatic nitrogens is 2. The first-order valence-electron chi connectivity index (χ1n) is 9.26. The number of alkyl halides is 1. The third-order valence-electron chi connectivity index (χ3n) is 4.86. The smallest absolute Gasteiger partial charge is 0.287 e. The zero-order valence-corrected chi connectivity index (χ0v) is 16.7. The molecule has 0 radical (unpaired) electrons. The van der Waals surface area contributed by atoms with Crippen molar-refractivity contribution in [1.29, 1.82) is 0 Å². The second-order valence-corrected chi connectivity index (χ2v) is 7.27. The molecule has 2 atom stereocenters. The summed E-state index contributed by atoms with van der Waals surface area (Å²) in [6.45, 7) is 0. The number of methoxy groups -OCH3 is 1. The minimum atomic E-state index is -1.17. The number of allylic oxidation sites excluding steroid dienone is 2. The van der Waals surface area contributed by atoms with Crippen LogP contribution in [-0.2, 0) is 20.7 Å². The third kappa shape index (κ3) is 3.67.